The number of nitrogens with zero attached hydrogens (tertiary/aromatic N) is 1. The highest BCUT2D eigenvalue weighted by molar-refractivity contribution is 6.31. The summed E-state index contributed by atoms with van der Waals surface area (Å²) < 4.78 is 5.78. The van der Waals surface area contributed by atoms with Crippen molar-refractivity contribution in [1.29, 1.82) is 0 Å². The minimum Gasteiger partial charge on any atom is -0.477 e. The molecule has 0 radical (unpaired) electrons. The van der Waals surface area contributed by atoms with Crippen LogP contribution in [0.15, 0.2) is 12.3 Å². The van der Waals surface area contributed by atoms with E-state index in [4.69, 9.17) is 16.7 Å². The largest absolute Gasteiger partial charge is 0.477 e. The SMILES string of the molecule is COC(=O)C(C)n1cc(Cl)cc1C(=O)O. The zero-order valence-corrected chi connectivity index (χ0v) is 8.99. The van der Waals surface area contributed by atoms with E-state index in [1.54, 1.807) is 0 Å². The first kappa shape index (κ1) is 11.6. The van der Waals surface area contributed by atoms with Crippen molar-refractivity contribution in [2.45, 2.75) is 13.0 Å². The van der Waals surface area contributed by atoms with E-state index in [0.717, 1.165) is 0 Å². The molecule has 0 spiro atoms. The number of carbonyl (C=O) groups is 2. The summed E-state index contributed by atoms with van der Waals surface area (Å²) in [6.45, 7) is 1.54. The lowest BCUT2D eigenvalue weighted by atomic mass is 10.3. The Labute approximate surface area is 91.2 Å². The number of rotatable bonds is 3. The van der Waals surface area contributed by atoms with Gasteiger partial charge in [-0.25, -0.2) is 9.59 Å². The summed E-state index contributed by atoms with van der Waals surface area (Å²) >= 11 is 5.67. The van der Waals surface area contributed by atoms with Crippen molar-refractivity contribution in [3.05, 3.63) is 23.0 Å². The number of carbonyl (C=O) groups excluding carboxylic acids is 1. The molecule has 1 aromatic heterocycles. The Bertz CT molecular complexity index is 399. The molecule has 0 aliphatic heterocycles. The molecule has 6 heteroatoms. The maximum absolute atomic E-state index is 11.2. The number of aromatic carboxylic acids is 1. The number of halogens is 1. The fraction of sp³-hybridized carbons (Fsp3) is 0.333. The normalized spacial score (nSPS) is 12.2. The third kappa shape index (κ3) is 2.30. The zero-order chi connectivity index (χ0) is 11.6. The molecule has 15 heavy (non-hydrogen) atoms. The quantitative estimate of drug-likeness (QED) is 0.802. The lowest BCUT2D eigenvalue weighted by Crippen LogP contribution is -2.20. The summed E-state index contributed by atoms with van der Waals surface area (Å²) in [5.74, 6) is -1.66. The zero-order valence-electron chi connectivity index (χ0n) is 8.23. The second-order valence-electron chi connectivity index (χ2n) is 2.96. The van der Waals surface area contributed by atoms with Gasteiger partial charge >= 0.3 is 11.9 Å². The van der Waals surface area contributed by atoms with Crippen LogP contribution in [0.2, 0.25) is 5.02 Å². The molecule has 82 valence electrons. The number of carboxylic acid groups (broad SMARTS) is 1. The third-order valence-electron chi connectivity index (χ3n) is 1.99. The molecule has 0 amide bonds. The summed E-state index contributed by atoms with van der Waals surface area (Å²) in [6, 6.07) is 0.567. The van der Waals surface area contributed by atoms with Crippen LogP contribution in [0, 0.1) is 0 Å². The second-order valence-corrected chi connectivity index (χ2v) is 3.39. The maximum Gasteiger partial charge on any atom is 0.352 e. The predicted octanol–water partition coefficient (Wildman–Crippen LogP) is 1.57. The third-order valence-corrected chi connectivity index (χ3v) is 2.20. The Morgan fingerprint density at radius 2 is 2.20 bits per heavy atom. The monoisotopic (exact) mass is 231 g/mol. The molecule has 0 saturated carbocycles. The molecule has 5 nitrogen and oxygen atoms in total. The summed E-state index contributed by atoms with van der Waals surface area (Å²) in [5, 5.41) is 9.12. The topological polar surface area (TPSA) is 68.5 Å². The number of ether oxygens (including phenoxy) is 1. The molecule has 0 aliphatic carbocycles. The first-order chi connectivity index (χ1) is 6.97. The Balaban J connectivity index is 3.12. The number of carboxylic acids is 1. The van der Waals surface area contributed by atoms with Gasteiger partial charge < -0.3 is 14.4 Å². The molecule has 0 bridgehead atoms. The molecule has 0 aromatic carbocycles. The van der Waals surface area contributed by atoms with Gasteiger partial charge in [0.25, 0.3) is 0 Å². The summed E-state index contributed by atoms with van der Waals surface area (Å²) in [5.41, 5.74) is -0.0436. The van der Waals surface area contributed by atoms with Crippen molar-refractivity contribution in [2.24, 2.45) is 0 Å². The van der Waals surface area contributed by atoms with E-state index in [9.17, 15) is 9.59 Å². The molecule has 1 aromatic rings. The van der Waals surface area contributed by atoms with E-state index in [2.05, 4.69) is 4.74 Å². The molecule has 1 unspecified atom stereocenters. The van der Waals surface area contributed by atoms with Gasteiger partial charge in [0, 0.05) is 6.20 Å². The summed E-state index contributed by atoms with van der Waals surface area (Å²) in [6.07, 6.45) is 1.38. The minimum atomic E-state index is -1.14. The molecular weight excluding hydrogens is 222 g/mol. The first-order valence-corrected chi connectivity index (χ1v) is 4.53. The van der Waals surface area contributed by atoms with Crippen LogP contribution in [0.5, 0.6) is 0 Å². The maximum atomic E-state index is 11.2. The van der Waals surface area contributed by atoms with Gasteiger partial charge in [-0.15, -0.1) is 0 Å². The van der Waals surface area contributed by atoms with Crippen molar-refractivity contribution in [3.8, 4) is 0 Å². The van der Waals surface area contributed by atoms with Crippen LogP contribution in [-0.2, 0) is 9.53 Å². The van der Waals surface area contributed by atoms with Crippen molar-refractivity contribution in [3.63, 3.8) is 0 Å². The highest BCUT2D eigenvalue weighted by Crippen LogP contribution is 2.19. The Morgan fingerprint density at radius 3 is 2.67 bits per heavy atom. The predicted molar refractivity (Wildman–Crippen MR) is 53.1 cm³/mol. The molecule has 1 N–H and O–H groups in total. The molecule has 0 fully saturated rings. The Kier molecular flexibility index (Phi) is 3.36. The molecule has 0 aliphatic rings. The van der Waals surface area contributed by atoms with Gasteiger partial charge in [-0.1, -0.05) is 11.6 Å². The van der Waals surface area contributed by atoms with Crippen molar-refractivity contribution in [2.75, 3.05) is 7.11 Å². The summed E-state index contributed by atoms with van der Waals surface area (Å²) in [7, 11) is 1.24. The Hall–Kier alpha value is -1.49. The number of hydrogen-bond donors (Lipinski definition) is 1. The average molecular weight is 232 g/mol. The lowest BCUT2D eigenvalue weighted by molar-refractivity contribution is -0.144. The lowest BCUT2D eigenvalue weighted by Gasteiger charge is -2.12. The van der Waals surface area contributed by atoms with Gasteiger partial charge in [0.15, 0.2) is 0 Å². The van der Waals surface area contributed by atoms with Gasteiger partial charge in [0.05, 0.1) is 12.1 Å². The number of methoxy groups -OCH3 is 1. The average Bonchev–Trinajstić information content (AvgIpc) is 2.58. The van der Waals surface area contributed by atoms with Gasteiger partial charge in [0.1, 0.15) is 11.7 Å². The van der Waals surface area contributed by atoms with Gasteiger partial charge in [-0.2, -0.15) is 0 Å². The molecule has 1 heterocycles. The highest BCUT2D eigenvalue weighted by Gasteiger charge is 2.21. The second kappa shape index (κ2) is 4.35. The molecule has 1 rings (SSSR count). The Morgan fingerprint density at radius 1 is 1.60 bits per heavy atom. The van der Waals surface area contributed by atoms with Crippen LogP contribution >= 0.6 is 11.6 Å². The van der Waals surface area contributed by atoms with Crippen LogP contribution in [-0.4, -0.2) is 28.7 Å². The fourth-order valence-electron chi connectivity index (χ4n) is 1.22. The van der Waals surface area contributed by atoms with E-state index in [0.29, 0.717) is 0 Å². The van der Waals surface area contributed by atoms with Gasteiger partial charge in [0.2, 0.25) is 0 Å². The number of hydrogen-bond acceptors (Lipinski definition) is 3. The van der Waals surface area contributed by atoms with Crippen LogP contribution in [0.25, 0.3) is 0 Å². The van der Waals surface area contributed by atoms with E-state index >= 15 is 0 Å². The van der Waals surface area contributed by atoms with Crippen LogP contribution in [0.3, 0.4) is 0 Å². The molecule has 0 saturated heterocycles. The molecule has 1 atom stereocenters. The van der Waals surface area contributed by atoms with Crippen LogP contribution in [0.1, 0.15) is 23.5 Å². The van der Waals surface area contributed by atoms with E-state index in [1.807, 2.05) is 0 Å². The van der Waals surface area contributed by atoms with E-state index in [-0.39, 0.29) is 10.7 Å². The van der Waals surface area contributed by atoms with E-state index < -0.39 is 18.0 Å². The minimum absolute atomic E-state index is 0.0436. The smallest absolute Gasteiger partial charge is 0.352 e. The standard InChI is InChI=1S/C9H10ClNO4/c1-5(9(14)15-2)11-4-6(10)3-7(11)8(12)13/h3-5H,1-2H3,(H,12,13). The van der Waals surface area contributed by atoms with Crippen molar-refractivity contribution in [1.82, 2.24) is 4.57 Å². The van der Waals surface area contributed by atoms with Crippen LogP contribution in [0.4, 0.5) is 0 Å². The van der Waals surface area contributed by atoms with E-state index in [1.165, 1.54) is 30.9 Å². The van der Waals surface area contributed by atoms with Crippen molar-refractivity contribution >= 4 is 23.5 Å². The molecular formula is C9H10ClNO4. The van der Waals surface area contributed by atoms with Gasteiger partial charge in [-0.05, 0) is 13.0 Å². The first-order valence-electron chi connectivity index (χ1n) is 4.16. The fourth-order valence-corrected chi connectivity index (χ4v) is 1.43. The summed E-state index contributed by atoms with van der Waals surface area (Å²) in [4.78, 5) is 22.0. The van der Waals surface area contributed by atoms with Crippen LogP contribution < -0.4 is 0 Å². The van der Waals surface area contributed by atoms with Crippen molar-refractivity contribution < 1.29 is 19.4 Å². The number of aromatic nitrogens is 1. The van der Waals surface area contributed by atoms with Gasteiger partial charge in [-0.3, -0.25) is 0 Å². The highest BCUT2D eigenvalue weighted by atomic mass is 35.5. The number of esters is 1.